The van der Waals surface area contributed by atoms with Crippen LogP contribution in [-0.4, -0.2) is 18.0 Å². The highest BCUT2D eigenvalue weighted by Crippen LogP contribution is 2.23. The van der Waals surface area contributed by atoms with E-state index in [9.17, 15) is 14.0 Å². The monoisotopic (exact) mass is 273 g/mol. The topological polar surface area (TPSA) is 55.4 Å². The molecule has 0 aliphatic rings. The number of nitrogens with one attached hydrogen (secondary N) is 1. The summed E-state index contributed by atoms with van der Waals surface area (Å²) in [5, 5.41) is 2.20. The van der Waals surface area contributed by atoms with Crippen molar-refractivity contribution in [3.05, 3.63) is 28.5 Å². The van der Waals surface area contributed by atoms with Crippen molar-refractivity contribution in [1.29, 1.82) is 0 Å². The van der Waals surface area contributed by atoms with Gasteiger partial charge >= 0.3 is 6.09 Å². The molecule has 0 saturated carbocycles. The van der Waals surface area contributed by atoms with E-state index in [0.717, 1.165) is 12.1 Å². The highest BCUT2D eigenvalue weighted by Gasteiger charge is 2.18. The maximum absolute atomic E-state index is 13.5. The van der Waals surface area contributed by atoms with Crippen LogP contribution in [0.5, 0.6) is 0 Å². The quantitative estimate of drug-likeness (QED) is 0.837. The predicted molar refractivity (Wildman–Crippen MR) is 66.7 cm³/mol. The molecule has 0 atom stereocenters. The maximum atomic E-state index is 13.5. The van der Waals surface area contributed by atoms with E-state index in [2.05, 4.69) is 5.32 Å². The van der Waals surface area contributed by atoms with E-state index in [1.807, 2.05) is 0 Å². The molecule has 1 rings (SSSR count). The van der Waals surface area contributed by atoms with Crippen LogP contribution in [-0.2, 0) is 4.74 Å². The van der Waals surface area contributed by atoms with Gasteiger partial charge in [-0.15, -0.1) is 0 Å². The first-order chi connectivity index (χ1) is 8.23. The maximum Gasteiger partial charge on any atom is 0.412 e. The van der Waals surface area contributed by atoms with Gasteiger partial charge < -0.3 is 4.74 Å². The fourth-order valence-electron chi connectivity index (χ4n) is 1.17. The third-order valence-corrected chi connectivity index (χ3v) is 2.18. The number of hydrogen-bond donors (Lipinski definition) is 1. The van der Waals surface area contributed by atoms with Gasteiger partial charge in [0.05, 0.1) is 10.7 Å². The molecule has 0 aliphatic carbocycles. The van der Waals surface area contributed by atoms with Gasteiger partial charge in [0.25, 0.3) is 0 Å². The first-order valence-electron chi connectivity index (χ1n) is 5.17. The summed E-state index contributed by atoms with van der Waals surface area (Å²) in [6.07, 6.45) is -0.331. The number of hydrogen-bond acceptors (Lipinski definition) is 3. The van der Waals surface area contributed by atoms with Crippen molar-refractivity contribution in [3.63, 3.8) is 0 Å². The second-order valence-corrected chi connectivity index (χ2v) is 5.01. The van der Waals surface area contributed by atoms with Crippen LogP contribution in [0.1, 0.15) is 31.1 Å². The number of amides is 1. The highest BCUT2D eigenvalue weighted by atomic mass is 35.5. The summed E-state index contributed by atoms with van der Waals surface area (Å²) in [7, 11) is 0. The molecule has 1 N–H and O–H groups in total. The zero-order valence-electron chi connectivity index (χ0n) is 10.2. The summed E-state index contributed by atoms with van der Waals surface area (Å²) in [6, 6.07) is 2.10. The average molecular weight is 274 g/mol. The molecule has 0 heterocycles. The number of carbonyl (C=O) groups is 2. The first-order valence-corrected chi connectivity index (χ1v) is 5.55. The molecule has 0 fully saturated rings. The molecule has 18 heavy (non-hydrogen) atoms. The Morgan fingerprint density at radius 2 is 2.06 bits per heavy atom. The van der Waals surface area contributed by atoms with Crippen LogP contribution in [0.2, 0.25) is 5.02 Å². The van der Waals surface area contributed by atoms with Gasteiger partial charge in [0.2, 0.25) is 0 Å². The van der Waals surface area contributed by atoms with Gasteiger partial charge in [-0.25, -0.2) is 9.18 Å². The Balaban J connectivity index is 2.91. The van der Waals surface area contributed by atoms with Crippen LogP contribution in [0, 0.1) is 5.82 Å². The van der Waals surface area contributed by atoms with Gasteiger partial charge in [-0.1, -0.05) is 11.6 Å². The fraction of sp³-hybridized carbons (Fsp3) is 0.333. The third kappa shape index (κ3) is 4.00. The molecule has 1 aromatic carbocycles. The fourth-order valence-corrected chi connectivity index (χ4v) is 1.36. The number of rotatable bonds is 2. The predicted octanol–water partition coefficient (Wildman–Crippen LogP) is 3.64. The summed E-state index contributed by atoms with van der Waals surface area (Å²) < 4.78 is 18.5. The third-order valence-electron chi connectivity index (χ3n) is 1.85. The molecule has 0 spiro atoms. The summed E-state index contributed by atoms with van der Waals surface area (Å²) in [5.41, 5.74) is -0.764. The van der Waals surface area contributed by atoms with Crippen molar-refractivity contribution in [2.45, 2.75) is 26.4 Å². The Morgan fingerprint density at radius 3 is 2.56 bits per heavy atom. The summed E-state index contributed by atoms with van der Waals surface area (Å²) in [5.74, 6) is -0.739. The number of carbonyl (C=O) groups excluding carboxylic acids is 2. The summed E-state index contributed by atoms with van der Waals surface area (Å²) >= 11 is 5.63. The van der Waals surface area contributed by atoms with E-state index in [4.69, 9.17) is 16.3 Å². The molecule has 0 bridgehead atoms. The van der Waals surface area contributed by atoms with Gasteiger partial charge in [-0.05, 0) is 32.9 Å². The second kappa shape index (κ2) is 5.35. The number of aldehydes is 1. The lowest BCUT2D eigenvalue weighted by Gasteiger charge is -2.19. The largest absolute Gasteiger partial charge is 0.444 e. The van der Waals surface area contributed by atoms with Crippen molar-refractivity contribution in [3.8, 4) is 0 Å². The molecule has 0 saturated heterocycles. The molecule has 4 nitrogen and oxygen atoms in total. The molecule has 0 unspecified atom stereocenters. The Kier molecular flexibility index (Phi) is 4.29. The van der Waals surface area contributed by atoms with Crippen molar-refractivity contribution >= 4 is 29.7 Å². The lowest BCUT2D eigenvalue weighted by atomic mass is 10.2. The van der Waals surface area contributed by atoms with Crippen LogP contribution < -0.4 is 5.32 Å². The summed E-state index contributed by atoms with van der Waals surface area (Å²) in [6.45, 7) is 5.05. The minimum atomic E-state index is -0.805. The van der Waals surface area contributed by atoms with E-state index >= 15 is 0 Å². The van der Waals surface area contributed by atoms with E-state index < -0.39 is 17.5 Å². The van der Waals surface area contributed by atoms with Crippen LogP contribution in [0.4, 0.5) is 14.9 Å². The van der Waals surface area contributed by atoms with Crippen LogP contribution in [0.15, 0.2) is 12.1 Å². The van der Waals surface area contributed by atoms with Crippen molar-refractivity contribution < 1.29 is 18.7 Å². The lowest BCUT2D eigenvalue weighted by molar-refractivity contribution is 0.0635. The average Bonchev–Trinajstić information content (AvgIpc) is 2.19. The summed E-state index contributed by atoms with van der Waals surface area (Å²) in [4.78, 5) is 22.1. The number of anilines is 1. The second-order valence-electron chi connectivity index (χ2n) is 4.60. The lowest BCUT2D eigenvalue weighted by Crippen LogP contribution is -2.27. The van der Waals surface area contributed by atoms with Crippen molar-refractivity contribution in [2.24, 2.45) is 0 Å². The normalized spacial score (nSPS) is 10.9. The SMILES string of the molecule is CC(C)(C)OC(=O)Nc1cc(C=O)c(Cl)cc1F. The van der Waals surface area contributed by atoms with Gasteiger partial charge in [0, 0.05) is 5.56 Å². The van der Waals surface area contributed by atoms with Crippen molar-refractivity contribution in [1.82, 2.24) is 0 Å². The standard InChI is InChI=1S/C12H13ClFNO3/c1-12(2,3)18-11(17)15-10-4-7(6-16)8(13)5-9(10)14/h4-6H,1-3H3,(H,15,17). The number of benzene rings is 1. The van der Waals surface area contributed by atoms with Crippen LogP contribution in [0.3, 0.4) is 0 Å². The van der Waals surface area contributed by atoms with Crippen LogP contribution in [0.25, 0.3) is 0 Å². The Bertz CT molecular complexity index is 483. The smallest absolute Gasteiger partial charge is 0.412 e. The molecule has 1 aromatic rings. The van der Waals surface area contributed by atoms with Crippen molar-refractivity contribution in [2.75, 3.05) is 5.32 Å². The van der Waals surface area contributed by atoms with Gasteiger partial charge in [-0.2, -0.15) is 0 Å². The Labute approximate surface area is 109 Å². The zero-order chi connectivity index (χ0) is 13.9. The van der Waals surface area contributed by atoms with Gasteiger partial charge in [0.1, 0.15) is 11.4 Å². The molecule has 0 aliphatic heterocycles. The molecule has 98 valence electrons. The van der Waals surface area contributed by atoms with Crippen LogP contribution >= 0.6 is 11.6 Å². The highest BCUT2D eigenvalue weighted by molar-refractivity contribution is 6.33. The Hall–Kier alpha value is -1.62. The number of ether oxygens (including phenoxy) is 1. The minimum Gasteiger partial charge on any atom is -0.444 e. The number of halogens is 2. The van der Waals surface area contributed by atoms with E-state index in [1.54, 1.807) is 20.8 Å². The Morgan fingerprint density at radius 1 is 1.44 bits per heavy atom. The van der Waals surface area contributed by atoms with E-state index in [1.165, 1.54) is 0 Å². The zero-order valence-corrected chi connectivity index (χ0v) is 11.0. The molecule has 1 amide bonds. The molecule has 0 radical (unpaired) electrons. The molecular weight excluding hydrogens is 261 g/mol. The minimum absolute atomic E-state index is 0.0164. The molecule has 0 aromatic heterocycles. The first kappa shape index (κ1) is 14.4. The van der Waals surface area contributed by atoms with E-state index in [-0.39, 0.29) is 16.3 Å². The molecular formula is C12H13ClFNO3. The molecule has 6 heteroatoms. The van der Waals surface area contributed by atoms with Gasteiger partial charge in [-0.3, -0.25) is 10.1 Å². The van der Waals surface area contributed by atoms with E-state index in [0.29, 0.717) is 6.29 Å². The van der Waals surface area contributed by atoms with Gasteiger partial charge in [0.15, 0.2) is 6.29 Å².